The smallest absolute Gasteiger partial charge is 0.416 e. The van der Waals surface area contributed by atoms with Crippen LogP contribution in [-0.2, 0) is 11.3 Å². The molecule has 3 heterocycles. The number of fused-ring (bicyclic) bond motifs is 1. The number of halogens is 1. The van der Waals surface area contributed by atoms with Crippen LogP contribution >= 0.6 is 0 Å². The van der Waals surface area contributed by atoms with E-state index in [1.54, 1.807) is 49.7 Å². The highest BCUT2D eigenvalue weighted by atomic mass is 19.1. The minimum atomic E-state index is -0.946. The summed E-state index contributed by atoms with van der Waals surface area (Å²) in [5, 5.41) is 17.4. The van der Waals surface area contributed by atoms with E-state index < -0.39 is 23.6 Å². The average Bonchev–Trinajstić information content (AvgIpc) is 3.60. The number of carbonyl (C=O) groups excluding carboxylic acids is 1. The standard InChI is InChI=1S/C27H33FN6O4/c1-27(2,3)38-26(37)33(15-17-6-4-7-19(28)12-17)23-13-22(30-20-8-5-11-32(16-20)25(35)36)31-24-21(18-9-10-18)14-29-34(23)24/h4,6-7,12-14,18,20H,5,8-11,15-16H2,1-3H3,(H,30,31)(H,35,36). The normalized spacial score (nSPS) is 17.9. The van der Waals surface area contributed by atoms with Crippen molar-refractivity contribution in [3.63, 3.8) is 0 Å². The van der Waals surface area contributed by atoms with Gasteiger partial charge in [-0.15, -0.1) is 0 Å². The van der Waals surface area contributed by atoms with Gasteiger partial charge in [-0.25, -0.2) is 19.0 Å². The topological polar surface area (TPSA) is 112 Å². The van der Waals surface area contributed by atoms with E-state index in [0.29, 0.717) is 41.9 Å². The number of carboxylic acid groups (broad SMARTS) is 1. The SMILES string of the molecule is CC(C)(C)OC(=O)N(Cc1cccc(F)c1)c1cc(NC2CCCN(C(=O)O)C2)nc2c(C3CC3)cnn12. The molecule has 3 aromatic rings. The first-order chi connectivity index (χ1) is 18.1. The van der Waals surface area contributed by atoms with Crippen LogP contribution in [0.3, 0.4) is 0 Å². The molecule has 1 saturated heterocycles. The summed E-state index contributed by atoms with van der Waals surface area (Å²) in [6.07, 6.45) is 3.87. The van der Waals surface area contributed by atoms with Crippen LogP contribution in [0.1, 0.15) is 63.5 Å². The van der Waals surface area contributed by atoms with E-state index >= 15 is 0 Å². The highest BCUT2D eigenvalue weighted by molar-refractivity contribution is 5.88. The van der Waals surface area contributed by atoms with Crippen LogP contribution in [0.15, 0.2) is 36.5 Å². The van der Waals surface area contributed by atoms with E-state index in [1.165, 1.54) is 21.9 Å². The van der Waals surface area contributed by atoms with Crippen LogP contribution in [-0.4, -0.2) is 61.5 Å². The molecule has 0 bridgehead atoms. The summed E-state index contributed by atoms with van der Waals surface area (Å²) in [4.78, 5) is 32.7. The molecule has 2 aliphatic rings. The van der Waals surface area contributed by atoms with Crippen molar-refractivity contribution in [1.82, 2.24) is 19.5 Å². The number of nitrogens with one attached hydrogen (secondary N) is 1. The van der Waals surface area contributed by atoms with Crippen molar-refractivity contribution in [3.8, 4) is 0 Å². The molecule has 1 aliphatic carbocycles. The molecule has 10 nitrogen and oxygen atoms in total. The second-order valence-electron chi connectivity index (χ2n) is 11.0. The maximum atomic E-state index is 14.0. The maximum absolute atomic E-state index is 14.0. The Morgan fingerprint density at radius 3 is 2.71 bits per heavy atom. The molecule has 2 aromatic heterocycles. The van der Waals surface area contributed by atoms with E-state index in [4.69, 9.17) is 9.72 Å². The number of benzene rings is 1. The molecular formula is C27H33FN6O4. The molecule has 1 aliphatic heterocycles. The molecule has 5 rings (SSSR count). The summed E-state index contributed by atoms with van der Waals surface area (Å²) in [7, 11) is 0. The van der Waals surface area contributed by atoms with Crippen LogP contribution in [0.2, 0.25) is 0 Å². The molecule has 1 atom stereocenters. The number of hydrogen-bond donors (Lipinski definition) is 2. The van der Waals surface area contributed by atoms with Crippen LogP contribution in [0.25, 0.3) is 5.65 Å². The molecule has 202 valence electrons. The van der Waals surface area contributed by atoms with Gasteiger partial charge >= 0.3 is 12.2 Å². The van der Waals surface area contributed by atoms with E-state index in [1.807, 2.05) is 0 Å². The number of carbonyl (C=O) groups is 2. The number of rotatable bonds is 6. The number of anilines is 2. The summed E-state index contributed by atoms with van der Waals surface area (Å²) in [6.45, 7) is 6.26. The summed E-state index contributed by atoms with van der Waals surface area (Å²) in [5.41, 5.74) is 1.47. The molecule has 1 saturated carbocycles. The molecule has 2 amide bonds. The van der Waals surface area contributed by atoms with Gasteiger partial charge in [-0.2, -0.15) is 9.61 Å². The van der Waals surface area contributed by atoms with E-state index in [-0.39, 0.29) is 12.6 Å². The van der Waals surface area contributed by atoms with Gasteiger partial charge in [0, 0.05) is 30.8 Å². The Morgan fingerprint density at radius 1 is 1.24 bits per heavy atom. The third-order valence-electron chi connectivity index (χ3n) is 6.66. The average molecular weight is 525 g/mol. The maximum Gasteiger partial charge on any atom is 0.416 e. The number of piperidine rings is 1. The van der Waals surface area contributed by atoms with Gasteiger partial charge in [0.2, 0.25) is 0 Å². The van der Waals surface area contributed by atoms with Crippen molar-refractivity contribution in [2.75, 3.05) is 23.3 Å². The fourth-order valence-corrected chi connectivity index (χ4v) is 4.76. The van der Waals surface area contributed by atoms with Crippen molar-refractivity contribution in [2.45, 2.75) is 70.6 Å². The lowest BCUT2D eigenvalue weighted by molar-refractivity contribution is 0.0575. The predicted molar refractivity (Wildman–Crippen MR) is 140 cm³/mol. The first-order valence-electron chi connectivity index (χ1n) is 13.0. The molecule has 0 spiro atoms. The first-order valence-corrected chi connectivity index (χ1v) is 13.0. The third-order valence-corrected chi connectivity index (χ3v) is 6.66. The summed E-state index contributed by atoms with van der Waals surface area (Å²) in [6, 6.07) is 7.68. The zero-order chi connectivity index (χ0) is 27.0. The fourth-order valence-electron chi connectivity index (χ4n) is 4.76. The van der Waals surface area contributed by atoms with E-state index in [2.05, 4.69) is 10.4 Å². The van der Waals surface area contributed by atoms with Gasteiger partial charge in [0.1, 0.15) is 23.1 Å². The summed E-state index contributed by atoms with van der Waals surface area (Å²) in [5.74, 6) is 0.900. The molecular weight excluding hydrogens is 491 g/mol. The zero-order valence-corrected chi connectivity index (χ0v) is 21.9. The summed E-state index contributed by atoms with van der Waals surface area (Å²) < 4.78 is 21.4. The minimum absolute atomic E-state index is 0.0556. The lowest BCUT2D eigenvalue weighted by atomic mass is 10.1. The van der Waals surface area contributed by atoms with E-state index in [0.717, 1.165) is 31.2 Å². The summed E-state index contributed by atoms with van der Waals surface area (Å²) >= 11 is 0. The van der Waals surface area contributed by atoms with Crippen molar-refractivity contribution in [3.05, 3.63) is 53.5 Å². The predicted octanol–water partition coefficient (Wildman–Crippen LogP) is 5.24. The number of hydrogen-bond acceptors (Lipinski definition) is 6. The molecule has 2 fully saturated rings. The van der Waals surface area contributed by atoms with Gasteiger partial charge < -0.3 is 20.1 Å². The molecule has 38 heavy (non-hydrogen) atoms. The monoisotopic (exact) mass is 524 g/mol. The molecule has 11 heteroatoms. The second-order valence-corrected chi connectivity index (χ2v) is 11.0. The Balaban J connectivity index is 1.57. The van der Waals surface area contributed by atoms with Gasteiger partial charge in [-0.05, 0) is 70.1 Å². The van der Waals surface area contributed by atoms with Crippen molar-refractivity contribution < 1.29 is 23.8 Å². The van der Waals surface area contributed by atoms with Gasteiger partial charge in [0.05, 0.1) is 12.7 Å². The van der Waals surface area contributed by atoms with Crippen molar-refractivity contribution in [1.29, 1.82) is 0 Å². The Bertz CT molecular complexity index is 1350. The van der Waals surface area contributed by atoms with Gasteiger partial charge in [-0.1, -0.05) is 12.1 Å². The molecule has 0 radical (unpaired) electrons. The lowest BCUT2D eigenvalue weighted by Gasteiger charge is -2.32. The largest absolute Gasteiger partial charge is 0.465 e. The second kappa shape index (κ2) is 10.1. The zero-order valence-electron chi connectivity index (χ0n) is 21.9. The number of ether oxygens (including phenoxy) is 1. The number of amides is 2. The van der Waals surface area contributed by atoms with Crippen LogP contribution in [0.5, 0.6) is 0 Å². The van der Waals surface area contributed by atoms with Gasteiger partial charge in [-0.3, -0.25) is 4.90 Å². The molecule has 1 unspecified atom stereocenters. The first kappa shape index (κ1) is 25.7. The number of nitrogens with zero attached hydrogens (tertiary/aromatic N) is 5. The third kappa shape index (κ3) is 5.81. The van der Waals surface area contributed by atoms with E-state index in [9.17, 15) is 19.1 Å². The highest BCUT2D eigenvalue weighted by Gasteiger charge is 2.32. The highest BCUT2D eigenvalue weighted by Crippen LogP contribution is 2.42. The van der Waals surface area contributed by atoms with Crippen molar-refractivity contribution >= 4 is 29.5 Å². The quantitative estimate of drug-likeness (QED) is 0.453. The lowest BCUT2D eigenvalue weighted by Crippen LogP contribution is -2.44. The van der Waals surface area contributed by atoms with Crippen LogP contribution in [0.4, 0.5) is 25.6 Å². The minimum Gasteiger partial charge on any atom is -0.465 e. The Morgan fingerprint density at radius 2 is 2.03 bits per heavy atom. The number of likely N-dealkylation sites (tertiary alicyclic amines) is 1. The molecule has 2 N–H and O–H groups in total. The van der Waals surface area contributed by atoms with Crippen molar-refractivity contribution in [2.24, 2.45) is 0 Å². The van der Waals surface area contributed by atoms with Crippen LogP contribution < -0.4 is 10.2 Å². The Hall–Kier alpha value is -3.89. The van der Waals surface area contributed by atoms with Gasteiger partial charge in [0.15, 0.2) is 5.65 Å². The number of aromatic nitrogens is 3. The Labute approximate surface area is 220 Å². The Kier molecular flexibility index (Phi) is 6.85. The van der Waals surface area contributed by atoms with Gasteiger partial charge in [0.25, 0.3) is 0 Å². The fraction of sp³-hybridized carbons (Fsp3) is 0.481. The van der Waals surface area contributed by atoms with Crippen LogP contribution in [0, 0.1) is 5.82 Å². The molecule has 1 aromatic carbocycles.